The van der Waals surface area contributed by atoms with Crippen LogP contribution in [0.25, 0.3) is 0 Å². The predicted octanol–water partition coefficient (Wildman–Crippen LogP) is 5.30. The number of Topliss-reactive ketones (excluding diaryl/α,β-unsaturated/α-hetero) is 1. The van der Waals surface area contributed by atoms with Crippen molar-refractivity contribution >= 4 is 35.0 Å². The molecule has 1 aliphatic heterocycles. The second-order valence-electron chi connectivity index (χ2n) is 6.29. The summed E-state index contributed by atoms with van der Waals surface area (Å²) >= 11 is 7.97. The van der Waals surface area contributed by atoms with Crippen LogP contribution in [0.4, 0.5) is 5.69 Å². The van der Waals surface area contributed by atoms with Crippen LogP contribution in [0.2, 0.25) is 0 Å². The Morgan fingerprint density at radius 3 is 2.46 bits per heavy atom. The van der Waals surface area contributed by atoms with E-state index in [0.717, 1.165) is 12.1 Å². The molecule has 0 bridgehead atoms. The van der Waals surface area contributed by atoms with Gasteiger partial charge in [0.15, 0.2) is 0 Å². The topological polar surface area (TPSA) is 38.3 Å². The van der Waals surface area contributed by atoms with Crippen LogP contribution < -0.4 is 9.46 Å². The Morgan fingerprint density at radius 1 is 1.12 bits per heavy atom. The van der Waals surface area contributed by atoms with Crippen molar-refractivity contribution in [2.24, 2.45) is 0 Å². The lowest BCUT2D eigenvalue weighted by Gasteiger charge is -2.43. The molecule has 1 heterocycles. The van der Waals surface area contributed by atoms with Gasteiger partial charge in [-0.05, 0) is 62.0 Å². The minimum atomic E-state index is -1.26. The SMILES string of the molecule is CCc1ccc(NS[C@]2(Cl)C(=O)c3ccccc3OC2(C)C)cc1. The van der Waals surface area contributed by atoms with Crippen molar-refractivity contribution in [2.75, 3.05) is 4.72 Å². The number of carbonyl (C=O) groups is 1. The predicted molar refractivity (Wildman–Crippen MR) is 101 cm³/mol. The van der Waals surface area contributed by atoms with E-state index in [-0.39, 0.29) is 5.78 Å². The standard InChI is InChI=1S/C19H20ClNO2S/c1-4-13-9-11-14(12-10-13)21-24-19(20)17(22)15-7-5-6-8-16(15)23-18(19,2)3/h5-12,21H,4H2,1-3H3/t19-/m1/s1. The van der Waals surface area contributed by atoms with E-state index in [9.17, 15) is 4.79 Å². The lowest BCUT2D eigenvalue weighted by Crippen LogP contribution is -2.56. The Hall–Kier alpha value is -1.65. The van der Waals surface area contributed by atoms with Crippen LogP contribution in [-0.4, -0.2) is 15.6 Å². The summed E-state index contributed by atoms with van der Waals surface area (Å²) in [5, 5.41) is 0. The first-order valence-corrected chi connectivity index (χ1v) is 9.11. The van der Waals surface area contributed by atoms with Crippen molar-refractivity contribution in [3.05, 3.63) is 59.7 Å². The van der Waals surface area contributed by atoms with Crippen LogP contribution in [0.1, 0.15) is 36.7 Å². The molecule has 3 rings (SSSR count). The molecule has 0 aliphatic carbocycles. The van der Waals surface area contributed by atoms with Crippen LogP contribution in [0.3, 0.4) is 0 Å². The van der Waals surface area contributed by atoms with Crippen molar-refractivity contribution in [2.45, 2.75) is 37.0 Å². The van der Waals surface area contributed by atoms with Gasteiger partial charge in [0, 0.05) is 5.69 Å². The molecule has 24 heavy (non-hydrogen) atoms. The average Bonchev–Trinajstić information content (AvgIpc) is 2.58. The van der Waals surface area contributed by atoms with E-state index in [1.807, 2.05) is 38.1 Å². The van der Waals surface area contributed by atoms with E-state index in [0.29, 0.717) is 11.3 Å². The number of carbonyl (C=O) groups excluding carboxylic acids is 1. The number of para-hydroxylation sites is 1. The molecule has 126 valence electrons. The Labute approximate surface area is 151 Å². The largest absolute Gasteiger partial charge is 0.484 e. The molecule has 0 unspecified atom stereocenters. The van der Waals surface area contributed by atoms with Crippen LogP contribution in [-0.2, 0) is 6.42 Å². The van der Waals surface area contributed by atoms with E-state index >= 15 is 0 Å². The first-order valence-electron chi connectivity index (χ1n) is 7.92. The Kier molecular flexibility index (Phi) is 4.54. The van der Waals surface area contributed by atoms with Gasteiger partial charge in [0.05, 0.1) is 5.56 Å². The number of ketones is 1. The number of rotatable bonds is 4. The molecule has 0 spiro atoms. The third-order valence-electron chi connectivity index (χ3n) is 4.23. The number of anilines is 1. The lowest BCUT2D eigenvalue weighted by atomic mass is 9.92. The summed E-state index contributed by atoms with van der Waals surface area (Å²) in [6, 6.07) is 15.3. The molecular formula is C19H20ClNO2S. The van der Waals surface area contributed by atoms with Crippen LogP contribution >= 0.6 is 23.5 Å². The van der Waals surface area contributed by atoms with Crippen molar-refractivity contribution in [3.8, 4) is 5.75 Å². The van der Waals surface area contributed by atoms with Gasteiger partial charge in [-0.2, -0.15) is 0 Å². The molecule has 0 amide bonds. The molecule has 0 radical (unpaired) electrons. The molecule has 3 nitrogen and oxygen atoms in total. The normalized spacial score (nSPS) is 21.8. The molecule has 0 saturated heterocycles. The number of fused-ring (bicyclic) bond motifs is 1. The Morgan fingerprint density at radius 2 is 1.79 bits per heavy atom. The van der Waals surface area contributed by atoms with Crippen molar-refractivity contribution in [3.63, 3.8) is 0 Å². The molecule has 5 heteroatoms. The number of halogens is 1. The van der Waals surface area contributed by atoms with Crippen LogP contribution in [0.5, 0.6) is 5.75 Å². The van der Waals surface area contributed by atoms with Crippen molar-refractivity contribution < 1.29 is 9.53 Å². The maximum Gasteiger partial charge on any atom is 0.210 e. The van der Waals surface area contributed by atoms with Crippen LogP contribution in [0, 0.1) is 0 Å². The van der Waals surface area contributed by atoms with Gasteiger partial charge < -0.3 is 9.46 Å². The fourth-order valence-electron chi connectivity index (χ4n) is 2.64. The van der Waals surface area contributed by atoms with Gasteiger partial charge in [0.25, 0.3) is 0 Å². The third kappa shape index (κ3) is 2.89. The monoisotopic (exact) mass is 361 g/mol. The van der Waals surface area contributed by atoms with Crippen molar-refractivity contribution in [1.82, 2.24) is 0 Å². The maximum atomic E-state index is 13.0. The molecule has 2 aromatic carbocycles. The van der Waals surface area contributed by atoms with E-state index in [1.54, 1.807) is 12.1 Å². The second-order valence-corrected chi connectivity index (χ2v) is 8.10. The van der Waals surface area contributed by atoms with E-state index in [2.05, 4.69) is 23.8 Å². The summed E-state index contributed by atoms with van der Waals surface area (Å²) in [7, 11) is 0. The number of benzene rings is 2. The quantitative estimate of drug-likeness (QED) is 0.592. The number of hydrogen-bond donors (Lipinski definition) is 1. The van der Waals surface area contributed by atoms with Gasteiger partial charge >= 0.3 is 0 Å². The molecule has 2 aromatic rings. The van der Waals surface area contributed by atoms with Gasteiger partial charge in [-0.3, -0.25) is 4.79 Å². The lowest BCUT2D eigenvalue weighted by molar-refractivity contribution is 0.0579. The zero-order valence-electron chi connectivity index (χ0n) is 13.9. The van der Waals surface area contributed by atoms with Crippen molar-refractivity contribution in [1.29, 1.82) is 0 Å². The van der Waals surface area contributed by atoms with Gasteiger partial charge in [0.2, 0.25) is 9.99 Å². The molecule has 1 N–H and O–H groups in total. The molecule has 0 fully saturated rings. The molecule has 1 aliphatic rings. The summed E-state index contributed by atoms with van der Waals surface area (Å²) < 4.78 is 7.96. The van der Waals surface area contributed by atoms with E-state index in [1.165, 1.54) is 17.5 Å². The summed E-state index contributed by atoms with van der Waals surface area (Å²) in [5.41, 5.74) is 1.82. The molecule has 0 saturated carbocycles. The minimum Gasteiger partial charge on any atom is -0.484 e. The molecule has 0 aromatic heterocycles. The third-order valence-corrected chi connectivity index (χ3v) is 6.39. The highest BCUT2D eigenvalue weighted by Gasteiger charge is 2.57. The summed E-state index contributed by atoms with van der Waals surface area (Å²) in [6.07, 6.45) is 0.989. The Bertz CT molecular complexity index is 760. The smallest absolute Gasteiger partial charge is 0.210 e. The maximum absolute atomic E-state index is 13.0. The Balaban J connectivity index is 1.86. The minimum absolute atomic E-state index is 0.140. The summed E-state index contributed by atoms with van der Waals surface area (Å²) in [6.45, 7) is 5.79. The summed E-state index contributed by atoms with van der Waals surface area (Å²) in [4.78, 5) is 13.0. The second kappa shape index (κ2) is 6.34. The first kappa shape index (κ1) is 17.2. The van der Waals surface area contributed by atoms with Gasteiger partial charge in [-0.25, -0.2) is 0 Å². The zero-order valence-corrected chi connectivity index (χ0v) is 15.5. The van der Waals surface area contributed by atoms with Crippen LogP contribution in [0.15, 0.2) is 48.5 Å². The van der Waals surface area contributed by atoms with E-state index in [4.69, 9.17) is 16.3 Å². The van der Waals surface area contributed by atoms with Gasteiger partial charge in [0.1, 0.15) is 11.4 Å². The van der Waals surface area contributed by atoms with Gasteiger partial charge in [-0.1, -0.05) is 42.8 Å². The number of aryl methyl sites for hydroxylation is 1. The zero-order chi connectivity index (χ0) is 17.4. The van der Waals surface area contributed by atoms with E-state index < -0.39 is 9.81 Å². The number of hydrogen-bond acceptors (Lipinski definition) is 4. The average molecular weight is 362 g/mol. The highest BCUT2D eigenvalue weighted by molar-refractivity contribution is 8.04. The highest BCUT2D eigenvalue weighted by Crippen LogP contribution is 2.49. The van der Waals surface area contributed by atoms with Gasteiger partial charge in [-0.15, -0.1) is 0 Å². The summed E-state index contributed by atoms with van der Waals surface area (Å²) in [5.74, 6) is 0.440. The molecule has 1 atom stereocenters. The highest BCUT2D eigenvalue weighted by atomic mass is 35.5. The molecular weight excluding hydrogens is 342 g/mol. The number of ether oxygens (including phenoxy) is 1. The fraction of sp³-hybridized carbons (Fsp3) is 0.316. The first-order chi connectivity index (χ1) is 11.4. The number of nitrogens with one attached hydrogen (secondary N) is 1. The fourth-order valence-corrected chi connectivity index (χ4v) is 3.78. The number of alkyl halides is 1.